The third kappa shape index (κ3) is 2.74. The predicted molar refractivity (Wildman–Crippen MR) is 51.6 cm³/mol. The summed E-state index contributed by atoms with van der Waals surface area (Å²) in [5.74, 6) is 0.0316. The van der Waals surface area contributed by atoms with Crippen LogP contribution in [-0.2, 0) is 4.79 Å². The summed E-state index contributed by atoms with van der Waals surface area (Å²) in [4.78, 5) is 15.2. The highest BCUT2D eigenvalue weighted by Gasteiger charge is 2.05. The van der Waals surface area contributed by atoms with E-state index in [2.05, 4.69) is 20.5 Å². The number of hydrogen-bond donors (Lipinski definition) is 2. The number of anilines is 1. The molecule has 1 amide bonds. The zero-order chi connectivity index (χ0) is 10.6. The van der Waals surface area contributed by atoms with E-state index in [1.165, 1.54) is 0 Å². The molecule has 0 radical (unpaired) electrons. The summed E-state index contributed by atoms with van der Waals surface area (Å²) in [5, 5.41) is 10.1. The lowest BCUT2D eigenvalue weighted by molar-refractivity contribution is -0.116. The molecular weight excluding hydrogens is 182 g/mol. The molecule has 0 spiro atoms. The molecule has 0 saturated carbocycles. The topological polar surface area (TPSA) is 93.8 Å². The van der Waals surface area contributed by atoms with Crippen molar-refractivity contribution in [2.24, 2.45) is 5.73 Å². The van der Waals surface area contributed by atoms with E-state index < -0.39 is 0 Å². The largest absolute Gasteiger partial charge is 0.330 e. The Labute approximate surface area is 81.9 Å². The van der Waals surface area contributed by atoms with Gasteiger partial charge in [0, 0.05) is 13.0 Å². The molecule has 0 aliphatic carbocycles. The van der Waals surface area contributed by atoms with Crippen LogP contribution in [0.25, 0.3) is 0 Å². The number of nitrogens with one attached hydrogen (secondary N) is 1. The molecule has 0 aliphatic heterocycles. The summed E-state index contributed by atoms with van der Waals surface area (Å²) < 4.78 is 0. The van der Waals surface area contributed by atoms with Gasteiger partial charge < -0.3 is 5.73 Å². The summed E-state index contributed by atoms with van der Waals surface area (Å²) in [6.45, 7) is 3.92. The third-order valence-electron chi connectivity index (χ3n) is 1.71. The van der Waals surface area contributed by atoms with Crippen molar-refractivity contribution in [1.82, 2.24) is 15.2 Å². The molecule has 6 nitrogen and oxygen atoms in total. The molecule has 3 N–H and O–H groups in total. The van der Waals surface area contributed by atoms with Crippen LogP contribution in [0.3, 0.4) is 0 Å². The Balaban J connectivity index is 2.68. The number of aryl methyl sites for hydroxylation is 2. The lowest BCUT2D eigenvalue weighted by atomic mass is 10.4. The van der Waals surface area contributed by atoms with Crippen molar-refractivity contribution in [3.05, 3.63) is 11.4 Å². The van der Waals surface area contributed by atoms with Crippen LogP contribution in [0.15, 0.2) is 0 Å². The van der Waals surface area contributed by atoms with Crippen LogP contribution in [0.5, 0.6) is 0 Å². The van der Waals surface area contributed by atoms with E-state index >= 15 is 0 Å². The van der Waals surface area contributed by atoms with Crippen molar-refractivity contribution in [3.63, 3.8) is 0 Å². The number of hydrogen-bond acceptors (Lipinski definition) is 5. The molecule has 6 heteroatoms. The molecule has 0 aromatic carbocycles. The van der Waals surface area contributed by atoms with Gasteiger partial charge in [0.25, 0.3) is 0 Å². The number of amides is 1. The number of rotatable bonds is 3. The summed E-state index contributed by atoms with van der Waals surface area (Å²) >= 11 is 0. The van der Waals surface area contributed by atoms with Crippen molar-refractivity contribution < 1.29 is 4.79 Å². The summed E-state index contributed by atoms with van der Waals surface area (Å²) in [6, 6.07) is 0. The Hall–Kier alpha value is -1.56. The minimum Gasteiger partial charge on any atom is -0.330 e. The third-order valence-corrected chi connectivity index (χ3v) is 1.71. The van der Waals surface area contributed by atoms with Crippen LogP contribution in [-0.4, -0.2) is 27.6 Å². The minimum absolute atomic E-state index is 0.197. The zero-order valence-corrected chi connectivity index (χ0v) is 8.24. The number of carbonyl (C=O) groups is 1. The van der Waals surface area contributed by atoms with Crippen LogP contribution in [0.1, 0.15) is 17.8 Å². The normalized spacial score (nSPS) is 9.93. The highest BCUT2D eigenvalue weighted by Crippen LogP contribution is 2.01. The second kappa shape index (κ2) is 4.61. The first-order chi connectivity index (χ1) is 6.63. The summed E-state index contributed by atoms with van der Waals surface area (Å²) in [5.41, 5.74) is 6.72. The molecule has 1 rings (SSSR count). The van der Waals surface area contributed by atoms with Crippen molar-refractivity contribution in [3.8, 4) is 0 Å². The van der Waals surface area contributed by atoms with Gasteiger partial charge in [-0.1, -0.05) is 0 Å². The van der Waals surface area contributed by atoms with E-state index in [1.807, 2.05) is 6.92 Å². The molecule has 1 heterocycles. The molecule has 0 aliphatic rings. The molecule has 76 valence electrons. The monoisotopic (exact) mass is 195 g/mol. The zero-order valence-electron chi connectivity index (χ0n) is 8.24. The molecule has 0 atom stereocenters. The molecule has 0 fully saturated rings. The Morgan fingerprint density at radius 3 is 2.64 bits per heavy atom. The van der Waals surface area contributed by atoms with Crippen LogP contribution in [0.2, 0.25) is 0 Å². The second-order valence-corrected chi connectivity index (χ2v) is 2.89. The Kier molecular flexibility index (Phi) is 3.47. The first-order valence-electron chi connectivity index (χ1n) is 4.31. The maximum atomic E-state index is 11.1. The quantitative estimate of drug-likeness (QED) is 0.695. The van der Waals surface area contributed by atoms with Crippen LogP contribution >= 0.6 is 0 Å². The number of nitrogens with zero attached hydrogens (tertiary/aromatic N) is 3. The molecule has 0 unspecified atom stereocenters. The fourth-order valence-electron chi connectivity index (χ4n) is 0.828. The molecule has 1 aromatic rings. The number of carbonyl (C=O) groups excluding carboxylic acids is 1. The van der Waals surface area contributed by atoms with E-state index in [-0.39, 0.29) is 18.3 Å². The van der Waals surface area contributed by atoms with Crippen molar-refractivity contribution >= 4 is 11.9 Å². The van der Waals surface area contributed by atoms with Crippen molar-refractivity contribution in [2.45, 2.75) is 20.3 Å². The van der Waals surface area contributed by atoms with E-state index in [1.54, 1.807) is 6.92 Å². The van der Waals surface area contributed by atoms with Crippen molar-refractivity contribution in [1.29, 1.82) is 0 Å². The van der Waals surface area contributed by atoms with Gasteiger partial charge >= 0.3 is 0 Å². The standard InChI is InChI=1S/C8H13N5O/c1-5-6(2)12-13-8(10-5)11-7(14)3-4-9/h3-4,9H2,1-2H3,(H,10,11,13,14). The lowest BCUT2D eigenvalue weighted by Gasteiger charge is -2.03. The van der Waals surface area contributed by atoms with Gasteiger partial charge in [0.1, 0.15) is 0 Å². The lowest BCUT2D eigenvalue weighted by Crippen LogP contribution is -2.18. The highest BCUT2D eigenvalue weighted by atomic mass is 16.1. The Morgan fingerprint density at radius 1 is 1.36 bits per heavy atom. The minimum atomic E-state index is -0.197. The summed E-state index contributed by atoms with van der Waals surface area (Å²) in [7, 11) is 0. The molecule has 0 bridgehead atoms. The first-order valence-corrected chi connectivity index (χ1v) is 4.31. The van der Waals surface area contributed by atoms with E-state index in [0.717, 1.165) is 11.4 Å². The van der Waals surface area contributed by atoms with E-state index in [9.17, 15) is 4.79 Å². The van der Waals surface area contributed by atoms with Crippen LogP contribution in [0.4, 0.5) is 5.95 Å². The average molecular weight is 195 g/mol. The van der Waals surface area contributed by atoms with Gasteiger partial charge in [-0.2, -0.15) is 5.10 Å². The second-order valence-electron chi connectivity index (χ2n) is 2.89. The van der Waals surface area contributed by atoms with Crippen LogP contribution < -0.4 is 11.1 Å². The smallest absolute Gasteiger partial charge is 0.249 e. The van der Waals surface area contributed by atoms with Crippen LogP contribution in [0, 0.1) is 13.8 Å². The maximum absolute atomic E-state index is 11.1. The molecular formula is C8H13N5O. The molecule has 14 heavy (non-hydrogen) atoms. The van der Waals surface area contributed by atoms with Crippen molar-refractivity contribution in [2.75, 3.05) is 11.9 Å². The van der Waals surface area contributed by atoms with Gasteiger partial charge in [-0.15, -0.1) is 5.10 Å². The Morgan fingerprint density at radius 2 is 2.07 bits per heavy atom. The van der Waals surface area contributed by atoms with Gasteiger partial charge in [-0.25, -0.2) is 4.98 Å². The molecule has 0 saturated heterocycles. The fraction of sp³-hybridized carbons (Fsp3) is 0.500. The van der Waals surface area contributed by atoms with E-state index in [4.69, 9.17) is 5.73 Å². The van der Waals surface area contributed by atoms with Gasteiger partial charge in [-0.05, 0) is 13.8 Å². The fourth-order valence-corrected chi connectivity index (χ4v) is 0.828. The molecule has 1 aromatic heterocycles. The van der Waals surface area contributed by atoms with Gasteiger partial charge in [0.2, 0.25) is 11.9 Å². The van der Waals surface area contributed by atoms with Gasteiger partial charge in [0.15, 0.2) is 0 Å². The average Bonchev–Trinajstić information content (AvgIpc) is 2.12. The SMILES string of the molecule is Cc1nnc(NC(=O)CCN)nc1C. The summed E-state index contributed by atoms with van der Waals surface area (Å²) in [6.07, 6.45) is 0.260. The Bertz CT molecular complexity index is 339. The van der Waals surface area contributed by atoms with Gasteiger partial charge in [0.05, 0.1) is 11.4 Å². The number of aromatic nitrogens is 3. The highest BCUT2D eigenvalue weighted by molar-refractivity contribution is 5.88. The van der Waals surface area contributed by atoms with Gasteiger partial charge in [-0.3, -0.25) is 10.1 Å². The number of nitrogens with two attached hydrogens (primary N) is 1. The maximum Gasteiger partial charge on any atom is 0.249 e. The predicted octanol–water partition coefficient (Wildman–Crippen LogP) is -0.224. The first kappa shape index (κ1) is 10.5. The van der Waals surface area contributed by atoms with E-state index in [0.29, 0.717) is 6.54 Å².